The second-order valence-electron chi connectivity index (χ2n) is 8.04. The van der Waals surface area contributed by atoms with Crippen molar-refractivity contribution in [1.29, 1.82) is 0 Å². The highest BCUT2D eigenvalue weighted by molar-refractivity contribution is 7.88. The van der Waals surface area contributed by atoms with Crippen LogP contribution in [0.25, 0.3) is 22.6 Å². The van der Waals surface area contributed by atoms with E-state index < -0.39 is 16.1 Å². The second-order valence-corrected chi connectivity index (χ2v) is 10.4. The summed E-state index contributed by atoms with van der Waals surface area (Å²) in [4.78, 5) is 0. The van der Waals surface area contributed by atoms with E-state index in [9.17, 15) is 8.42 Å². The fraction of sp³-hybridized carbons (Fsp3) is 0.200. The molecule has 5 rings (SSSR count). The molecule has 0 N–H and O–H groups in total. The Bertz CT molecular complexity index is 1340. The first-order valence-corrected chi connectivity index (χ1v) is 12.7. The van der Waals surface area contributed by atoms with Gasteiger partial charge in [-0.15, -0.1) is 10.2 Å². The molecule has 1 aromatic heterocycles. The first-order valence-electron chi connectivity index (χ1n) is 10.7. The third kappa shape index (κ3) is 4.71. The van der Waals surface area contributed by atoms with Crippen molar-refractivity contribution in [3.8, 4) is 22.6 Å². The molecule has 1 atom stereocenters. The minimum Gasteiger partial charge on any atom is -0.419 e. The Morgan fingerprint density at radius 3 is 2.27 bits per heavy atom. The van der Waals surface area contributed by atoms with Gasteiger partial charge in [-0.3, -0.25) is 0 Å². The topological polar surface area (TPSA) is 76.3 Å². The van der Waals surface area contributed by atoms with Crippen LogP contribution < -0.4 is 0 Å². The molecule has 0 radical (unpaired) electrons. The SMILES string of the molecule is O=S(=O)(Cc1ccc(Cl)cc1)N1CCCC1c1nnc(-c2ccc(-c3ccccc3)cc2)o1. The van der Waals surface area contributed by atoms with E-state index >= 15 is 0 Å². The highest BCUT2D eigenvalue weighted by Gasteiger charge is 2.38. The van der Waals surface area contributed by atoms with Crippen LogP contribution in [-0.4, -0.2) is 29.5 Å². The smallest absolute Gasteiger partial charge is 0.247 e. The van der Waals surface area contributed by atoms with E-state index in [0.29, 0.717) is 35.3 Å². The molecule has 0 saturated carbocycles. The first kappa shape index (κ1) is 21.8. The molecular formula is C25H22ClN3O3S. The molecule has 0 spiro atoms. The maximum atomic E-state index is 13.1. The second kappa shape index (κ2) is 9.09. The van der Waals surface area contributed by atoms with E-state index in [-0.39, 0.29) is 5.75 Å². The standard InChI is InChI=1S/C25H22ClN3O3S/c26-22-14-8-18(9-15-22)17-33(30,31)29-16-4-7-23(29)25-28-27-24(32-25)21-12-10-20(11-13-21)19-5-2-1-3-6-19/h1-3,5-6,8-15,23H,4,7,16-17H2. The molecule has 1 fully saturated rings. The van der Waals surface area contributed by atoms with Crippen LogP contribution in [0.1, 0.15) is 30.3 Å². The monoisotopic (exact) mass is 479 g/mol. The lowest BCUT2D eigenvalue weighted by Crippen LogP contribution is -2.31. The summed E-state index contributed by atoms with van der Waals surface area (Å²) in [5, 5.41) is 8.96. The fourth-order valence-electron chi connectivity index (χ4n) is 4.12. The minimum atomic E-state index is -3.55. The lowest BCUT2D eigenvalue weighted by molar-refractivity contribution is 0.332. The Morgan fingerprint density at radius 2 is 1.55 bits per heavy atom. The van der Waals surface area contributed by atoms with Gasteiger partial charge in [-0.25, -0.2) is 8.42 Å². The van der Waals surface area contributed by atoms with E-state index in [0.717, 1.165) is 23.1 Å². The summed E-state index contributed by atoms with van der Waals surface area (Å²) in [7, 11) is -3.55. The minimum absolute atomic E-state index is 0.0946. The summed E-state index contributed by atoms with van der Waals surface area (Å²) >= 11 is 5.92. The largest absolute Gasteiger partial charge is 0.419 e. The number of hydrogen-bond acceptors (Lipinski definition) is 5. The van der Waals surface area contributed by atoms with Crippen molar-refractivity contribution in [3.63, 3.8) is 0 Å². The van der Waals surface area contributed by atoms with Gasteiger partial charge in [-0.1, -0.05) is 66.2 Å². The Hall–Kier alpha value is -3.00. The number of hydrogen-bond donors (Lipinski definition) is 0. The van der Waals surface area contributed by atoms with Crippen LogP contribution in [-0.2, 0) is 15.8 Å². The van der Waals surface area contributed by atoms with Gasteiger partial charge < -0.3 is 4.42 Å². The fourth-order valence-corrected chi connectivity index (χ4v) is 6.01. The summed E-state index contributed by atoms with van der Waals surface area (Å²) in [5.74, 6) is 0.615. The predicted molar refractivity (Wildman–Crippen MR) is 128 cm³/mol. The summed E-state index contributed by atoms with van der Waals surface area (Å²) in [6.07, 6.45) is 1.39. The molecule has 0 bridgehead atoms. The van der Waals surface area contributed by atoms with Crippen molar-refractivity contribution >= 4 is 21.6 Å². The van der Waals surface area contributed by atoms with Crippen LogP contribution in [0.5, 0.6) is 0 Å². The normalized spacial score (nSPS) is 16.8. The van der Waals surface area contributed by atoms with Gasteiger partial charge in [0.15, 0.2) is 0 Å². The molecular weight excluding hydrogens is 458 g/mol. The molecule has 3 aromatic carbocycles. The quantitative estimate of drug-likeness (QED) is 0.353. The molecule has 168 valence electrons. The molecule has 1 unspecified atom stereocenters. The van der Waals surface area contributed by atoms with Crippen LogP contribution in [0.15, 0.2) is 83.3 Å². The van der Waals surface area contributed by atoms with E-state index in [2.05, 4.69) is 22.3 Å². The average molecular weight is 480 g/mol. The zero-order chi connectivity index (χ0) is 22.8. The molecule has 33 heavy (non-hydrogen) atoms. The van der Waals surface area contributed by atoms with Gasteiger partial charge in [0.05, 0.1) is 5.75 Å². The zero-order valence-electron chi connectivity index (χ0n) is 17.8. The summed E-state index contributed by atoms with van der Waals surface area (Å²) in [5.41, 5.74) is 3.70. The molecule has 0 amide bonds. The van der Waals surface area contributed by atoms with Crippen molar-refractivity contribution in [1.82, 2.24) is 14.5 Å². The molecule has 4 aromatic rings. The van der Waals surface area contributed by atoms with E-state index in [4.69, 9.17) is 16.0 Å². The molecule has 1 saturated heterocycles. The number of nitrogens with zero attached hydrogens (tertiary/aromatic N) is 3. The Balaban J connectivity index is 1.35. The van der Waals surface area contributed by atoms with Crippen molar-refractivity contribution in [2.24, 2.45) is 0 Å². The molecule has 8 heteroatoms. The number of aromatic nitrogens is 2. The van der Waals surface area contributed by atoms with Gasteiger partial charge in [0.25, 0.3) is 0 Å². The number of halogens is 1. The maximum absolute atomic E-state index is 13.1. The van der Waals surface area contributed by atoms with E-state index in [1.807, 2.05) is 42.5 Å². The Labute approximate surface area is 197 Å². The predicted octanol–water partition coefficient (Wildman–Crippen LogP) is 5.72. The highest BCUT2D eigenvalue weighted by atomic mass is 35.5. The summed E-state index contributed by atoms with van der Waals surface area (Å²) in [6.45, 7) is 0.435. The lowest BCUT2D eigenvalue weighted by atomic mass is 10.0. The first-order chi connectivity index (χ1) is 16.0. The Kier molecular flexibility index (Phi) is 6.01. The van der Waals surface area contributed by atoms with Gasteiger partial charge >= 0.3 is 0 Å². The average Bonchev–Trinajstić information content (AvgIpc) is 3.51. The summed E-state index contributed by atoms with van der Waals surface area (Å²) in [6, 6.07) is 24.4. The molecule has 1 aliphatic rings. The van der Waals surface area contributed by atoms with Crippen LogP contribution in [0.3, 0.4) is 0 Å². The van der Waals surface area contributed by atoms with Crippen molar-refractivity contribution in [3.05, 3.63) is 95.3 Å². The lowest BCUT2D eigenvalue weighted by Gasteiger charge is -2.21. The molecule has 1 aliphatic heterocycles. The number of rotatable bonds is 6. The van der Waals surface area contributed by atoms with Gasteiger partial charge in [0, 0.05) is 17.1 Å². The number of benzene rings is 3. The van der Waals surface area contributed by atoms with Crippen LogP contribution >= 0.6 is 11.6 Å². The Morgan fingerprint density at radius 1 is 0.879 bits per heavy atom. The van der Waals surface area contributed by atoms with E-state index in [1.165, 1.54) is 4.31 Å². The third-order valence-corrected chi connectivity index (χ3v) is 7.89. The van der Waals surface area contributed by atoms with Gasteiger partial charge in [0.2, 0.25) is 21.8 Å². The van der Waals surface area contributed by atoms with Crippen LogP contribution in [0, 0.1) is 0 Å². The molecule has 0 aliphatic carbocycles. The van der Waals surface area contributed by atoms with Gasteiger partial charge in [-0.2, -0.15) is 4.31 Å². The third-order valence-electron chi connectivity index (χ3n) is 5.79. The highest BCUT2D eigenvalue weighted by Crippen LogP contribution is 2.36. The van der Waals surface area contributed by atoms with Crippen molar-refractivity contribution in [2.75, 3.05) is 6.54 Å². The molecule has 2 heterocycles. The van der Waals surface area contributed by atoms with Crippen molar-refractivity contribution < 1.29 is 12.8 Å². The molecule has 6 nitrogen and oxygen atoms in total. The van der Waals surface area contributed by atoms with E-state index in [1.54, 1.807) is 24.3 Å². The van der Waals surface area contributed by atoms with Crippen LogP contribution in [0.4, 0.5) is 0 Å². The van der Waals surface area contributed by atoms with Crippen molar-refractivity contribution in [2.45, 2.75) is 24.6 Å². The van der Waals surface area contributed by atoms with Gasteiger partial charge in [-0.05, 0) is 53.8 Å². The summed E-state index contributed by atoms with van der Waals surface area (Å²) < 4.78 is 33.7. The van der Waals surface area contributed by atoms with Gasteiger partial charge in [0.1, 0.15) is 6.04 Å². The maximum Gasteiger partial charge on any atom is 0.247 e. The van der Waals surface area contributed by atoms with Crippen LogP contribution in [0.2, 0.25) is 5.02 Å². The number of sulfonamides is 1. The zero-order valence-corrected chi connectivity index (χ0v) is 19.3.